The molecule has 3 heteroatoms. The lowest BCUT2D eigenvalue weighted by atomic mass is 9.99. The van der Waals surface area contributed by atoms with Gasteiger partial charge in [0.1, 0.15) is 5.76 Å². The topological polar surface area (TPSA) is 28.4 Å². The molecule has 3 nitrogen and oxygen atoms in total. The molecule has 1 aliphatic heterocycles. The summed E-state index contributed by atoms with van der Waals surface area (Å²) in [4.78, 5) is 2.56. The van der Waals surface area contributed by atoms with Crippen molar-refractivity contribution in [3.8, 4) is 0 Å². The van der Waals surface area contributed by atoms with Crippen LogP contribution in [0.15, 0.2) is 16.7 Å². The second-order valence-corrected chi connectivity index (χ2v) is 5.23. The molecule has 0 unspecified atom stereocenters. The second-order valence-electron chi connectivity index (χ2n) is 5.23. The number of likely N-dealkylation sites (tertiary alicyclic amines) is 1. The smallest absolute Gasteiger partial charge is 0.120 e. The zero-order valence-corrected chi connectivity index (χ0v) is 11.0. The summed E-state index contributed by atoms with van der Waals surface area (Å²) in [5, 5.41) is 3.45. The van der Waals surface area contributed by atoms with Crippen LogP contribution in [0.4, 0.5) is 0 Å². The van der Waals surface area contributed by atoms with Crippen LogP contribution < -0.4 is 5.32 Å². The van der Waals surface area contributed by atoms with Gasteiger partial charge in [-0.1, -0.05) is 6.92 Å². The van der Waals surface area contributed by atoms with Crippen molar-refractivity contribution >= 4 is 0 Å². The summed E-state index contributed by atoms with van der Waals surface area (Å²) in [7, 11) is 0. The van der Waals surface area contributed by atoms with E-state index in [1.165, 1.54) is 31.5 Å². The summed E-state index contributed by atoms with van der Waals surface area (Å²) in [5.41, 5.74) is 1.24. The molecule has 1 aromatic rings. The van der Waals surface area contributed by atoms with Crippen LogP contribution in [-0.2, 0) is 6.54 Å². The van der Waals surface area contributed by atoms with Crippen LogP contribution in [0.25, 0.3) is 0 Å². The number of hydrogen-bond acceptors (Lipinski definition) is 3. The minimum absolute atomic E-state index is 0.850. The van der Waals surface area contributed by atoms with Gasteiger partial charge in [0.05, 0.1) is 12.8 Å². The van der Waals surface area contributed by atoms with Crippen LogP contribution in [-0.4, -0.2) is 31.1 Å². The standard InChI is InChI=1S/C14H24N2O/c1-12-3-7-16(8-4-12)9-6-15-11-14-13(2)5-10-17-14/h5,10,12,15H,3-4,6-9,11H2,1-2H3. The molecule has 2 heterocycles. The summed E-state index contributed by atoms with van der Waals surface area (Å²) in [6.07, 6.45) is 4.48. The molecule has 1 aliphatic rings. The fraction of sp³-hybridized carbons (Fsp3) is 0.714. The predicted molar refractivity (Wildman–Crippen MR) is 70.0 cm³/mol. The fourth-order valence-corrected chi connectivity index (χ4v) is 2.31. The lowest BCUT2D eigenvalue weighted by Gasteiger charge is -2.30. The molecule has 1 N–H and O–H groups in total. The van der Waals surface area contributed by atoms with E-state index in [1.807, 2.05) is 6.07 Å². The van der Waals surface area contributed by atoms with Gasteiger partial charge in [-0.05, 0) is 50.4 Å². The average molecular weight is 236 g/mol. The van der Waals surface area contributed by atoms with Crippen molar-refractivity contribution in [2.24, 2.45) is 5.92 Å². The molecule has 0 saturated carbocycles. The Morgan fingerprint density at radius 1 is 1.41 bits per heavy atom. The Kier molecular flexibility index (Phi) is 4.63. The van der Waals surface area contributed by atoms with Crippen molar-refractivity contribution in [2.45, 2.75) is 33.2 Å². The van der Waals surface area contributed by atoms with Gasteiger partial charge in [-0.15, -0.1) is 0 Å². The number of furan rings is 1. The summed E-state index contributed by atoms with van der Waals surface area (Å²) in [6, 6.07) is 2.02. The van der Waals surface area contributed by atoms with Gasteiger partial charge in [0.25, 0.3) is 0 Å². The van der Waals surface area contributed by atoms with Crippen molar-refractivity contribution in [3.05, 3.63) is 23.7 Å². The SMILES string of the molecule is Cc1ccoc1CNCCN1CCC(C)CC1. The maximum absolute atomic E-state index is 5.39. The van der Waals surface area contributed by atoms with E-state index in [2.05, 4.69) is 24.1 Å². The maximum Gasteiger partial charge on any atom is 0.120 e. The van der Waals surface area contributed by atoms with E-state index in [1.54, 1.807) is 6.26 Å². The minimum atomic E-state index is 0.850. The highest BCUT2D eigenvalue weighted by molar-refractivity contribution is 5.13. The summed E-state index contributed by atoms with van der Waals surface area (Å²) < 4.78 is 5.39. The third-order valence-corrected chi connectivity index (χ3v) is 3.73. The molecular formula is C14H24N2O. The molecule has 0 amide bonds. The fourth-order valence-electron chi connectivity index (χ4n) is 2.31. The van der Waals surface area contributed by atoms with Crippen LogP contribution in [0.2, 0.25) is 0 Å². The van der Waals surface area contributed by atoms with Crippen molar-refractivity contribution in [3.63, 3.8) is 0 Å². The normalized spacial score (nSPS) is 18.7. The van der Waals surface area contributed by atoms with Crippen LogP contribution in [0, 0.1) is 12.8 Å². The quantitative estimate of drug-likeness (QED) is 0.796. The minimum Gasteiger partial charge on any atom is -0.468 e. The molecule has 0 bridgehead atoms. The average Bonchev–Trinajstić information content (AvgIpc) is 2.73. The molecule has 0 aliphatic carbocycles. The van der Waals surface area contributed by atoms with Crippen LogP contribution in [0.3, 0.4) is 0 Å². The number of nitrogens with zero attached hydrogens (tertiary/aromatic N) is 1. The number of nitrogens with one attached hydrogen (secondary N) is 1. The maximum atomic E-state index is 5.39. The van der Waals surface area contributed by atoms with E-state index in [0.717, 1.165) is 31.3 Å². The first-order chi connectivity index (χ1) is 8.25. The first kappa shape index (κ1) is 12.7. The van der Waals surface area contributed by atoms with E-state index in [4.69, 9.17) is 4.42 Å². The lowest BCUT2D eigenvalue weighted by molar-refractivity contribution is 0.192. The molecule has 1 aromatic heterocycles. The van der Waals surface area contributed by atoms with Crippen LogP contribution in [0.1, 0.15) is 31.1 Å². The summed E-state index contributed by atoms with van der Waals surface area (Å²) in [5.74, 6) is 1.99. The molecule has 2 rings (SSSR count). The van der Waals surface area contributed by atoms with Crippen molar-refractivity contribution in [2.75, 3.05) is 26.2 Å². The van der Waals surface area contributed by atoms with Gasteiger partial charge in [0, 0.05) is 13.1 Å². The number of hydrogen-bond donors (Lipinski definition) is 1. The highest BCUT2D eigenvalue weighted by Gasteiger charge is 2.14. The highest BCUT2D eigenvalue weighted by Crippen LogP contribution is 2.15. The first-order valence-corrected chi connectivity index (χ1v) is 6.72. The van der Waals surface area contributed by atoms with Gasteiger partial charge < -0.3 is 14.6 Å². The second kappa shape index (κ2) is 6.22. The Labute approximate surface area is 104 Å². The molecule has 1 saturated heterocycles. The van der Waals surface area contributed by atoms with E-state index in [0.29, 0.717) is 0 Å². The van der Waals surface area contributed by atoms with Gasteiger partial charge >= 0.3 is 0 Å². The molecule has 0 atom stereocenters. The Morgan fingerprint density at radius 2 is 2.18 bits per heavy atom. The lowest BCUT2D eigenvalue weighted by Crippen LogP contribution is -2.37. The third kappa shape index (κ3) is 3.86. The molecule has 17 heavy (non-hydrogen) atoms. The molecule has 0 aromatic carbocycles. The number of rotatable bonds is 5. The van der Waals surface area contributed by atoms with Crippen LogP contribution >= 0.6 is 0 Å². The van der Waals surface area contributed by atoms with E-state index >= 15 is 0 Å². The predicted octanol–water partition coefficient (Wildman–Crippen LogP) is 2.41. The molecule has 0 radical (unpaired) electrons. The highest BCUT2D eigenvalue weighted by atomic mass is 16.3. The van der Waals surface area contributed by atoms with Gasteiger partial charge in [-0.2, -0.15) is 0 Å². The van der Waals surface area contributed by atoms with Gasteiger partial charge in [-0.3, -0.25) is 0 Å². The van der Waals surface area contributed by atoms with Gasteiger partial charge in [0.2, 0.25) is 0 Å². The number of aryl methyl sites for hydroxylation is 1. The molecular weight excluding hydrogens is 212 g/mol. The summed E-state index contributed by atoms with van der Waals surface area (Å²) >= 11 is 0. The Balaban J connectivity index is 1.59. The summed E-state index contributed by atoms with van der Waals surface area (Å²) in [6.45, 7) is 10.0. The van der Waals surface area contributed by atoms with Crippen molar-refractivity contribution in [1.29, 1.82) is 0 Å². The molecule has 1 fully saturated rings. The first-order valence-electron chi connectivity index (χ1n) is 6.72. The monoisotopic (exact) mass is 236 g/mol. The van der Waals surface area contributed by atoms with Crippen molar-refractivity contribution in [1.82, 2.24) is 10.2 Å². The zero-order chi connectivity index (χ0) is 12.1. The third-order valence-electron chi connectivity index (χ3n) is 3.73. The van der Waals surface area contributed by atoms with Crippen LogP contribution in [0.5, 0.6) is 0 Å². The molecule has 0 spiro atoms. The van der Waals surface area contributed by atoms with Gasteiger partial charge in [-0.25, -0.2) is 0 Å². The van der Waals surface area contributed by atoms with E-state index in [9.17, 15) is 0 Å². The van der Waals surface area contributed by atoms with E-state index in [-0.39, 0.29) is 0 Å². The molecule has 96 valence electrons. The van der Waals surface area contributed by atoms with E-state index < -0.39 is 0 Å². The Morgan fingerprint density at radius 3 is 2.82 bits per heavy atom. The van der Waals surface area contributed by atoms with Crippen molar-refractivity contribution < 1.29 is 4.42 Å². The van der Waals surface area contributed by atoms with Gasteiger partial charge in [0.15, 0.2) is 0 Å². The largest absolute Gasteiger partial charge is 0.468 e. The Hall–Kier alpha value is -0.800. The number of piperidine rings is 1. The Bertz CT molecular complexity index is 327. The zero-order valence-electron chi connectivity index (χ0n) is 11.0.